The third kappa shape index (κ3) is 5.03. The van der Waals surface area contributed by atoms with E-state index in [9.17, 15) is 19.8 Å². The molecular weight excluding hydrogens is 276 g/mol. The molecule has 116 valence electrons. The molecule has 0 fully saturated rings. The van der Waals surface area contributed by atoms with E-state index < -0.39 is 29.8 Å². The summed E-state index contributed by atoms with van der Waals surface area (Å²) in [6.07, 6.45) is 0.564. The van der Waals surface area contributed by atoms with Crippen molar-refractivity contribution in [1.29, 1.82) is 0 Å². The van der Waals surface area contributed by atoms with Gasteiger partial charge in [-0.15, -0.1) is 0 Å². The Balaban J connectivity index is 2.90. The van der Waals surface area contributed by atoms with Crippen molar-refractivity contribution in [3.05, 3.63) is 29.6 Å². The van der Waals surface area contributed by atoms with Crippen LogP contribution in [0, 0.1) is 6.92 Å². The zero-order chi connectivity index (χ0) is 16.2. The lowest BCUT2D eigenvalue weighted by Crippen LogP contribution is -2.47. The Bertz CT molecular complexity index is 524. The number of carbonyl (C=O) groups excluding carboxylic acids is 1. The number of carboxylic acids is 1. The second-order valence-electron chi connectivity index (χ2n) is 5.64. The topological polar surface area (TPSA) is 109 Å². The van der Waals surface area contributed by atoms with Crippen LogP contribution in [0.2, 0.25) is 0 Å². The van der Waals surface area contributed by atoms with Gasteiger partial charge in [-0.2, -0.15) is 0 Å². The Kier molecular flexibility index (Phi) is 5.26. The molecule has 0 aliphatic carbocycles. The summed E-state index contributed by atoms with van der Waals surface area (Å²) >= 11 is 0. The normalized spacial score (nSPS) is 14.1. The van der Waals surface area contributed by atoms with E-state index in [2.05, 4.69) is 10.3 Å². The molecule has 0 saturated carbocycles. The van der Waals surface area contributed by atoms with Gasteiger partial charge in [-0.1, -0.05) is 0 Å². The fourth-order valence-corrected chi connectivity index (χ4v) is 1.68. The number of nitrogens with zero attached hydrogens (tertiary/aromatic N) is 1. The highest BCUT2D eigenvalue weighted by molar-refractivity contribution is 5.81. The summed E-state index contributed by atoms with van der Waals surface area (Å²) in [6, 6.07) is 0.119. The van der Waals surface area contributed by atoms with Crippen LogP contribution in [-0.4, -0.2) is 38.9 Å². The van der Waals surface area contributed by atoms with Gasteiger partial charge in [0.1, 0.15) is 11.7 Å². The average Bonchev–Trinajstić information content (AvgIpc) is 2.33. The number of rotatable bonds is 4. The van der Waals surface area contributed by atoms with Crippen LogP contribution in [-0.2, 0) is 9.53 Å². The summed E-state index contributed by atoms with van der Waals surface area (Å²) < 4.78 is 4.99. The molecule has 1 aromatic heterocycles. The van der Waals surface area contributed by atoms with Gasteiger partial charge in [0.15, 0.2) is 6.04 Å². The zero-order valence-corrected chi connectivity index (χ0v) is 12.5. The lowest BCUT2D eigenvalue weighted by atomic mass is 10.0. The smallest absolute Gasteiger partial charge is 0.408 e. The Hall–Kier alpha value is -2.15. The molecule has 0 unspecified atom stereocenters. The fraction of sp³-hybridized carbons (Fsp3) is 0.500. The van der Waals surface area contributed by atoms with Gasteiger partial charge < -0.3 is 20.3 Å². The van der Waals surface area contributed by atoms with Crippen molar-refractivity contribution in [2.24, 2.45) is 0 Å². The molecule has 3 N–H and O–H groups in total. The van der Waals surface area contributed by atoms with Crippen molar-refractivity contribution in [3.8, 4) is 0 Å². The molecule has 1 aromatic rings. The second-order valence-corrected chi connectivity index (χ2v) is 5.64. The molecular formula is C14H20N2O5. The summed E-state index contributed by atoms with van der Waals surface area (Å²) in [7, 11) is 0. The van der Waals surface area contributed by atoms with E-state index in [1.165, 1.54) is 12.4 Å². The number of carbonyl (C=O) groups is 2. The minimum Gasteiger partial charge on any atom is -0.480 e. The first-order valence-electron chi connectivity index (χ1n) is 6.42. The number of aliphatic hydroxyl groups is 1. The summed E-state index contributed by atoms with van der Waals surface area (Å²) in [6.45, 7) is 6.69. The van der Waals surface area contributed by atoms with Crippen LogP contribution >= 0.6 is 0 Å². The Morgan fingerprint density at radius 3 is 2.48 bits per heavy atom. The molecule has 0 aliphatic rings. The molecule has 21 heavy (non-hydrogen) atoms. The SMILES string of the molecule is Cc1ccncc1[C@H](O)[C@H](NC(=O)OC(C)(C)C)C(=O)O. The van der Waals surface area contributed by atoms with Crippen molar-refractivity contribution >= 4 is 12.1 Å². The number of pyridine rings is 1. The van der Waals surface area contributed by atoms with Crippen molar-refractivity contribution < 1.29 is 24.5 Å². The van der Waals surface area contributed by atoms with Crippen LogP contribution in [0.3, 0.4) is 0 Å². The molecule has 1 heterocycles. The van der Waals surface area contributed by atoms with E-state index in [0.29, 0.717) is 11.1 Å². The monoisotopic (exact) mass is 296 g/mol. The first-order chi connectivity index (χ1) is 9.61. The molecule has 0 aromatic carbocycles. The molecule has 0 aliphatic heterocycles. The van der Waals surface area contributed by atoms with Crippen molar-refractivity contribution in [2.75, 3.05) is 0 Å². The molecule has 0 radical (unpaired) electrons. The maximum Gasteiger partial charge on any atom is 0.408 e. The quantitative estimate of drug-likeness (QED) is 0.775. The van der Waals surface area contributed by atoms with E-state index in [0.717, 1.165) is 0 Å². The number of carboxylic acid groups (broad SMARTS) is 1. The van der Waals surface area contributed by atoms with Gasteiger partial charge in [-0.3, -0.25) is 4.98 Å². The average molecular weight is 296 g/mol. The van der Waals surface area contributed by atoms with Crippen LogP contribution < -0.4 is 5.32 Å². The van der Waals surface area contributed by atoms with Crippen molar-refractivity contribution in [1.82, 2.24) is 10.3 Å². The lowest BCUT2D eigenvalue weighted by molar-refractivity contribution is -0.142. The number of aliphatic carboxylic acids is 1. The number of aromatic nitrogens is 1. The molecule has 0 saturated heterocycles. The first kappa shape index (κ1) is 16.9. The van der Waals surface area contributed by atoms with E-state index in [1.807, 2.05) is 0 Å². The summed E-state index contributed by atoms with van der Waals surface area (Å²) in [5.41, 5.74) is 0.248. The highest BCUT2D eigenvalue weighted by Gasteiger charge is 2.32. The number of hydrogen-bond donors (Lipinski definition) is 3. The Morgan fingerprint density at radius 2 is 2.00 bits per heavy atom. The first-order valence-corrected chi connectivity index (χ1v) is 6.42. The van der Waals surface area contributed by atoms with Gasteiger partial charge in [0.05, 0.1) is 0 Å². The molecule has 1 rings (SSSR count). The fourth-order valence-electron chi connectivity index (χ4n) is 1.68. The van der Waals surface area contributed by atoms with E-state index in [1.54, 1.807) is 33.8 Å². The highest BCUT2D eigenvalue weighted by Crippen LogP contribution is 2.20. The van der Waals surface area contributed by atoms with Gasteiger partial charge in [0.25, 0.3) is 0 Å². The van der Waals surface area contributed by atoms with Gasteiger partial charge in [-0.25, -0.2) is 9.59 Å². The Labute approximate surface area is 123 Å². The van der Waals surface area contributed by atoms with Crippen LogP contribution in [0.4, 0.5) is 4.79 Å². The highest BCUT2D eigenvalue weighted by atomic mass is 16.6. The van der Waals surface area contributed by atoms with Crippen LogP contribution in [0.15, 0.2) is 18.5 Å². The lowest BCUT2D eigenvalue weighted by Gasteiger charge is -2.24. The van der Waals surface area contributed by atoms with E-state index >= 15 is 0 Å². The Morgan fingerprint density at radius 1 is 1.38 bits per heavy atom. The third-order valence-electron chi connectivity index (χ3n) is 2.65. The molecule has 0 bridgehead atoms. The van der Waals surface area contributed by atoms with Crippen LogP contribution in [0.1, 0.15) is 38.0 Å². The predicted octanol–water partition coefficient (Wildman–Crippen LogP) is 1.40. The molecule has 7 nitrogen and oxygen atoms in total. The van der Waals surface area contributed by atoms with E-state index in [4.69, 9.17) is 4.74 Å². The number of aliphatic hydroxyl groups excluding tert-OH is 1. The van der Waals surface area contributed by atoms with Crippen LogP contribution in [0.25, 0.3) is 0 Å². The number of alkyl carbamates (subject to hydrolysis) is 1. The minimum absolute atomic E-state index is 0.334. The maximum absolute atomic E-state index is 11.7. The van der Waals surface area contributed by atoms with Gasteiger partial charge in [0.2, 0.25) is 0 Å². The molecule has 2 atom stereocenters. The second kappa shape index (κ2) is 6.53. The van der Waals surface area contributed by atoms with E-state index in [-0.39, 0.29) is 0 Å². The maximum atomic E-state index is 11.7. The van der Waals surface area contributed by atoms with Gasteiger partial charge >= 0.3 is 12.1 Å². The molecule has 1 amide bonds. The van der Waals surface area contributed by atoms with Crippen molar-refractivity contribution in [3.63, 3.8) is 0 Å². The van der Waals surface area contributed by atoms with Crippen LogP contribution in [0.5, 0.6) is 0 Å². The minimum atomic E-state index is -1.53. The summed E-state index contributed by atoms with van der Waals surface area (Å²) in [4.78, 5) is 26.8. The van der Waals surface area contributed by atoms with Gasteiger partial charge in [0, 0.05) is 18.0 Å². The number of aryl methyl sites for hydroxylation is 1. The number of nitrogens with one attached hydrogen (secondary N) is 1. The standard InChI is InChI=1S/C14H20N2O5/c1-8-5-6-15-7-9(8)11(17)10(12(18)19)16-13(20)21-14(2,3)4/h5-7,10-11,17H,1-4H3,(H,16,20)(H,18,19)/t10-,11-/m0/s1. The predicted molar refractivity (Wildman–Crippen MR) is 74.7 cm³/mol. The molecule has 0 spiro atoms. The number of ether oxygens (including phenoxy) is 1. The van der Waals surface area contributed by atoms with Crippen molar-refractivity contribution in [2.45, 2.75) is 45.4 Å². The number of amides is 1. The molecule has 7 heteroatoms. The largest absolute Gasteiger partial charge is 0.480 e. The zero-order valence-electron chi connectivity index (χ0n) is 12.5. The summed E-state index contributed by atoms with van der Waals surface area (Å²) in [5, 5.41) is 21.5. The number of hydrogen-bond acceptors (Lipinski definition) is 5. The third-order valence-corrected chi connectivity index (χ3v) is 2.65. The van der Waals surface area contributed by atoms with Gasteiger partial charge in [-0.05, 0) is 39.3 Å². The summed E-state index contributed by atoms with van der Waals surface area (Å²) in [5.74, 6) is -1.36.